The molecule has 0 radical (unpaired) electrons. The number of ether oxygens (including phenoxy) is 1. The molecule has 2 N–H and O–H groups in total. The minimum Gasteiger partial charge on any atom is -0.444 e. The molecule has 0 bridgehead atoms. The number of rotatable bonds is 5. The van der Waals surface area contributed by atoms with Crippen molar-refractivity contribution in [3.05, 3.63) is 0 Å². The van der Waals surface area contributed by atoms with Gasteiger partial charge in [-0.1, -0.05) is 0 Å². The van der Waals surface area contributed by atoms with Crippen molar-refractivity contribution in [1.82, 2.24) is 15.5 Å². The van der Waals surface area contributed by atoms with Crippen LogP contribution in [0.5, 0.6) is 0 Å². The number of nitrogens with zero attached hydrogens (tertiary/aromatic N) is 1. The van der Waals surface area contributed by atoms with E-state index in [-0.39, 0.29) is 12.0 Å². The zero-order valence-corrected chi connectivity index (χ0v) is 15.5. The zero-order chi connectivity index (χ0) is 17.7. The zero-order valence-electron chi connectivity index (χ0n) is 15.5. The van der Waals surface area contributed by atoms with Gasteiger partial charge in [0, 0.05) is 26.7 Å². The van der Waals surface area contributed by atoms with E-state index in [9.17, 15) is 9.59 Å². The lowest BCUT2D eigenvalue weighted by Gasteiger charge is -2.34. The van der Waals surface area contributed by atoms with Crippen molar-refractivity contribution < 1.29 is 14.3 Å². The van der Waals surface area contributed by atoms with Crippen LogP contribution in [0.4, 0.5) is 4.79 Å². The molecule has 0 aromatic heterocycles. The third kappa shape index (κ3) is 6.77. The topological polar surface area (TPSA) is 70.7 Å². The van der Waals surface area contributed by atoms with Crippen LogP contribution in [0.3, 0.4) is 0 Å². The van der Waals surface area contributed by atoms with Gasteiger partial charge in [-0.25, -0.2) is 4.79 Å². The Morgan fingerprint density at radius 3 is 2.43 bits per heavy atom. The molecule has 134 valence electrons. The van der Waals surface area contributed by atoms with E-state index >= 15 is 0 Å². The fourth-order valence-corrected chi connectivity index (χ4v) is 2.73. The summed E-state index contributed by atoms with van der Waals surface area (Å²) >= 11 is 0. The number of carbonyl (C=O) groups excluding carboxylic acids is 2. The summed E-state index contributed by atoms with van der Waals surface area (Å²) in [7, 11) is 1.66. The molecule has 1 atom stereocenters. The van der Waals surface area contributed by atoms with Gasteiger partial charge in [-0.2, -0.15) is 0 Å². The molecule has 6 nitrogen and oxygen atoms in total. The normalized spacial score (nSPS) is 19.4. The molecule has 0 spiro atoms. The summed E-state index contributed by atoms with van der Waals surface area (Å²) in [4.78, 5) is 25.7. The summed E-state index contributed by atoms with van der Waals surface area (Å²) in [5, 5.41) is 6.07. The highest BCUT2D eigenvalue weighted by molar-refractivity contribution is 5.81. The number of nitrogens with one attached hydrogen (secondary N) is 2. The number of carbonyl (C=O) groups is 2. The second-order valence-electron chi connectivity index (χ2n) is 8.03. The van der Waals surface area contributed by atoms with Crippen LogP contribution in [-0.2, 0) is 9.53 Å². The average Bonchev–Trinajstić information content (AvgIpc) is 2.44. The van der Waals surface area contributed by atoms with E-state index in [4.69, 9.17) is 4.74 Å². The van der Waals surface area contributed by atoms with Gasteiger partial charge in [0.2, 0.25) is 5.91 Å². The largest absolute Gasteiger partial charge is 0.444 e. The molecule has 0 saturated carbocycles. The summed E-state index contributed by atoms with van der Waals surface area (Å²) in [6.45, 7) is 12.4. The third-order valence-corrected chi connectivity index (χ3v) is 4.01. The predicted octanol–water partition coefficient (Wildman–Crippen LogP) is 2.00. The van der Waals surface area contributed by atoms with Crippen molar-refractivity contribution in [3.63, 3.8) is 0 Å². The van der Waals surface area contributed by atoms with Crippen LogP contribution in [0.15, 0.2) is 0 Å². The van der Waals surface area contributed by atoms with Crippen LogP contribution < -0.4 is 10.6 Å². The maximum atomic E-state index is 12.2. The second-order valence-corrected chi connectivity index (χ2v) is 8.03. The molecule has 0 aromatic rings. The molecule has 1 saturated heterocycles. The fourth-order valence-electron chi connectivity index (χ4n) is 2.73. The Labute approximate surface area is 140 Å². The first-order valence-electron chi connectivity index (χ1n) is 8.46. The molecule has 1 fully saturated rings. The summed E-state index contributed by atoms with van der Waals surface area (Å²) in [5.41, 5.74) is -0.895. The molecule has 0 aromatic carbocycles. The lowest BCUT2D eigenvalue weighted by Crippen LogP contribution is -2.47. The highest BCUT2D eigenvalue weighted by Crippen LogP contribution is 2.19. The number of likely N-dealkylation sites (tertiary alicyclic amines) is 1. The van der Waals surface area contributed by atoms with E-state index in [2.05, 4.69) is 10.6 Å². The van der Waals surface area contributed by atoms with Gasteiger partial charge in [0.1, 0.15) is 5.60 Å². The van der Waals surface area contributed by atoms with Crippen LogP contribution in [-0.4, -0.2) is 55.7 Å². The van der Waals surface area contributed by atoms with Crippen LogP contribution in [0.25, 0.3) is 0 Å². The molecule has 1 unspecified atom stereocenters. The van der Waals surface area contributed by atoms with Crippen LogP contribution >= 0.6 is 0 Å². The summed E-state index contributed by atoms with van der Waals surface area (Å²) in [6.07, 6.45) is 1.85. The smallest absolute Gasteiger partial charge is 0.410 e. The number of hydrogen-bond donors (Lipinski definition) is 2. The Kier molecular flexibility index (Phi) is 6.86. The van der Waals surface area contributed by atoms with E-state index in [1.807, 2.05) is 34.6 Å². The fraction of sp³-hybridized carbons (Fsp3) is 0.882. The van der Waals surface area contributed by atoms with Crippen LogP contribution in [0.2, 0.25) is 0 Å². The van der Waals surface area contributed by atoms with Crippen molar-refractivity contribution in [2.75, 3.05) is 33.2 Å². The van der Waals surface area contributed by atoms with Crippen LogP contribution in [0.1, 0.15) is 47.5 Å². The van der Waals surface area contributed by atoms with Gasteiger partial charge in [0.25, 0.3) is 0 Å². The van der Waals surface area contributed by atoms with E-state index in [0.717, 1.165) is 25.9 Å². The highest BCUT2D eigenvalue weighted by Gasteiger charge is 2.29. The van der Waals surface area contributed by atoms with Gasteiger partial charge < -0.3 is 20.3 Å². The van der Waals surface area contributed by atoms with Crippen molar-refractivity contribution in [2.24, 2.45) is 11.3 Å². The molecule has 6 heteroatoms. The number of hydrogen-bond acceptors (Lipinski definition) is 4. The van der Waals surface area contributed by atoms with Gasteiger partial charge in [-0.05, 0) is 59.9 Å². The van der Waals surface area contributed by atoms with E-state index in [1.54, 1.807) is 11.9 Å². The monoisotopic (exact) mass is 327 g/mol. The molecule has 1 aliphatic rings. The molecular formula is C17H33N3O3. The molecule has 1 rings (SSSR count). The first-order valence-corrected chi connectivity index (χ1v) is 8.46. The maximum Gasteiger partial charge on any atom is 0.410 e. The van der Waals surface area contributed by atoms with Gasteiger partial charge in [-0.3, -0.25) is 4.79 Å². The lowest BCUT2D eigenvalue weighted by molar-refractivity contribution is -0.128. The van der Waals surface area contributed by atoms with Gasteiger partial charge in [0.15, 0.2) is 0 Å². The van der Waals surface area contributed by atoms with Gasteiger partial charge >= 0.3 is 6.09 Å². The quantitative estimate of drug-likeness (QED) is 0.810. The first kappa shape index (κ1) is 19.7. The first-order chi connectivity index (χ1) is 10.5. The van der Waals surface area contributed by atoms with Crippen molar-refractivity contribution in [3.8, 4) is 0 Å². The molecule has 0 aliphatic carbocycles. The van der Waals surface area contributed by atoms with Gasteiger partial charge in [0.05, 0.1) is 5.41 Å². The Bertz CT molecular complexity index is 416. The standard InChI is InChI=1S/C17H33N3O3/c1-16(2,3)23-15(22)20-9-7-8-13(11-20)10-19-12-17(4,5)14(21)18-6/h13,19H,7-12H2,1-6H3,(H,18,21). The Hall–Kier alpha value is -1.30. The van der Waals surface area contributed by atoms with E-state index in [0.29, 0.717) is 19.0 Å². The Balaban J connectivity index is 2.41. The minimum absolute atomic E-state index is 0.0315. The van der Waals surface area contributed by atoms with Crippen molar-refractivity contribution >= 4 is 12.0 Å². The average molecular weight is 327 g/mol. The predicted molar refractivity (Wildman–Crippen MR) is 91.2 cm³/mol. The summed E-state index contributed by atoms with van der Waals surface area (Å²) in [6, 6.07) is 0. The van der Waals surface area contributed by atoms with E-state index in [1.165, 1.54) is 0 Å². The second kappa shape index (κ2) is 7.99. The molecule has 1 aliphatic heterocycles. The third-order valence-electron chi connectivity index (χ3n) is 4.01. The highest BCUT2D eigenvalue weighted by atomic mass is 16.6. The molecule has 1 heterocycles. The molecular weight excluding hydrogens is 294 g/mol. The lowest BCUT2D eigenvalue weighted by atomic mass is 9.91. The Morgan fingerprint density at radius 1 is 1.22 bits per heavy atom. The SMILES string of the molecule is CNC(=O)C(C)(C)CNCC1CCCN(C(=O)OC(C)(C)C)C1. The minimum atomic E-state index is -0.459. The summed E-state index contributed by atoms with van der Waals surface area (Å²) in [5.74, 6) is 0.431. The molecule has 23 heavy (non-hydrogen) atoms. The summed E-state index contributed by atoms with van der Waals surface area (Å²) < 4.78 is 5.44. The Morgan fingerprint density at radius 2 is 1.87 bits per heavy atom. The van der Waals surface area contributed by atoms with Crippen molar-refractivity contribution in [1.29, 1.82) is 0 Å². The van der Waals surface area contributed by atoms with Crippen LogP contribution in [0, 0.1) is 11.3 Å². The van der Waals surface area contributed by atoms with Gasteiger partial charge in [-0.15, -0.1) is 0 Å². The maximum absolute atomic E-state index is 12.2. The van der Waals surface area contributed by atoms with Crippen molar-refractivity contribution in [2.45, 2.75) is 53.1 Å². The number of piperidine rings is 1. The molecule has 2 amide bonds. The number of amides is 2. The van der Waals surface area contributed by atoms with E-state index < -0.39 is 11.0 Å².